The van der Waals surface area contributed by atoms with E-state index in [2.05, 4.69) is 10.5 Å². The summed E-state index contributed by atoms with van der Waals surface area (Å²) < 4.78 is 33.0. The summed E-state index contributed by atoms with van der Waals surface area (Å²) in [5.74, 6) is -1.05. The number of nitrogens with zero attached hydrogens (tertiary/aromatic N) is 1. The van der Waals surface area contributed by atoms with Gasteiger partial charge in [-0.2, -0.15) is 0 Å². The minimum atomic E-state index is -0.625. The number of oxime groups is 1. The van der Waals surface area contributed by atoms with Crippen LogP contribution in [0.25, 0.3) is 0 Å². The molecule has 28 heavy (non-hydrogen) atoms. The number of carbonyl (C=O) groups excluding carboxylic acids is 1. The maximum atomic E-state index is 13.7. The van der Waals surface area contributed by atoms with Gasteiger partial charge in [0.2, 0.25) is 0 Å². The topological polar surface area (TPSA) is 59.9 Å². The molecule has 0 saturated carbocycles. The highest BCUT2D eigenvalue weighted by molar-refractivity contribution is 5.98. The first-order chi connectivity index (χ1) is 13.3. The molecule has 1 atom stereocenters. The lowest BCUT2D eigenvalue weighted by atomic mass is 10.1. The van der Waals surface area contributed by atoms with Gasteiger partial charge < -0.3 is 14.9 Å². The first-order valence-electron chi connectivity index (χ1n) is 8.85. The van der Waals surface area contributed by atoms with Crippen LogP contribution in [-0.4, -0.2) is 31.4 Å². The van der Waals surface area contributed by atoms with E-state index in [1.807, 2.05) is 26.0 Å². The average molecular weight is 390 g/mol. The Balaban J connectivity index is 1.91. The van der Waals surface area contributed by atoms with E-state index in [1.165, 1.54) is 25.3 Å². The number of benzene rings is 2. The van der Waals surface area contributed by atoms with Gasteiger partial charge >= 0.3 is 0 Å². The molecule has 0 aromatic heterocycles. The van der Waals surface area contributed by atoms with Crippen molar-refractivity contribution in [1.82, 2.24) is 5.32 Å². The highest BCUT2D eigenvalue weighted by Crippen LogP contribution is 2.20. The fourth-order valence-electron chi connectivity index (χ4n) is 2.77. The van der Waals surface area contributed by atoms with Crippen molar-refractivity contribution in [2.24, 2.45) is 5.16 Å². The second-order valence-electron chi connectivity index (χ2n) is 6.50. The van der Waals surface area contributed by atoms with Crippen molar-refractivity contribution < 1.29 is 23.1 Å². The molecule has 0 aliphatic heterocycles. The minimum absolute atomic E-state index is 0.0456. The Morgan fingerprint density at radius 3 is 2.50 bits per heavy atom. The van der Waals surface area contributed by atoms with Gasteiger partial charge in [0.25, 0.3) is 5.91 Å². The first-order valence-corrected chi connectivity index (χ1v) is 8.85. The molecule has 0 fully saturated rings. The third-order valence-electron chi connectivity index (χ3n) is 4.16. The maximum Gasteiger partial charge on any atom is 0.258 e. The molecule has 2 rings (SSSR count). The Bertz CT molecular complexity index is 848. The van der Waals surface area contributed by atoms with Gasteiger partial charge in [-0.05, 0) is 68.7 Å². The zero-order valence-electron chi connectivity index (χ0n) is 16.4. The summed E-state index contributed by atoms with van der Waals surface area (Å²) in [5, 5.41) is 6.56. The van der Waals surface area contributed by atoms with E-state index < -0.39 is 17.7 Å². The van der Waals surface area contributed by atoms with Gasteiger partial charge in [-0.1, -0.05) is 11.2 Å². The molecule has 150 valence electrons. The Morgan fingerprint density at radius 2 is 1.89 bits per heavy atom. The molecular weight excluding hydrogens is 366 g/mol. The molecule has 1 unspecified atom stereocenters. The van der Waals surface area contributed by atoms with Crippen molar-refractivity contribution in [3.8, 4) is 5.75 Å². The molecule has 0 radical (unpaired) electrons. The van der Waals surface area contributed by atoms with Gasteiger partial charge in [0.15, 0.2) is 6.61 Å². The highest BCUT2D eigenvalue weighted by Gasteiger charge is 2.15. The lowest BCUT2D eigenvalue weighted by Crippen LogP contribution is -2.37. The van der Waals surface area contributed by atoms with Gasteiger partial charge in [-0.15, -0.1) is 0 Å². The van der Waals surface area contributed by atoms with E-state index in [1.54, 1.807) is 13.0 Å². The lowest BCUT2D eigenvalue weighted by Gasteiger charge is -2.16. The molecule has 1 N–H and O–H groups in total. The second-order valence-corrected chi connectivity index (χ2v) is 6.50. The van der Waals surface area contributed by atoms with E-state index in [4.69, 9.17) is 9.57 Å². The standard InChI is InChI=1S/C21H24F2N2O3/c1-13-10-16(15(3)25-27-4)8-9-20(13)28-12-21(26)24-14(2)11-17-18(22)6-5-7-19(17)23/h5-10,14H,11-12H2,1-4H3,(H,24,26)/b25-15+. The van der Waals surface area contributed by atoms with E-state index >= 15 is 0 Å². The van der Waals surface area contributed by atoms with Crippen molar-refractivity contribution in [2.75, 3.05) is 13.7 Å². The maximum absolute atomic E-state index is 13.7. The van der Waals surface area contributed by atoms with Crippen LogP contribution in [-0.2, 0) is 16.1 Å². The molecule has 0 aliphatic rings. The summed E-state index contributed by atoms with van der Waals surface area (Å²) >= 11 is 0. The molecule has 7 heteroatoms. The Morgan fingerprint density at radius 1 is 1.21 bits per heavy atom. The minimum Gasteiger partial charge on any atom is -0.484 e. The highest BCUT2D eigenvalue weighted by atomic mass is 19.1. The van der Waals surface area contributed by atoms with Gasteiger partial charge in [-0.3, -0.25) is 4.79 Å². The summed E-state index contributed by atoms with van der Waals surface area (Å²) in [5.41, 5.74) is 2.41. The SMILES string of the molecule is CO/N=C(\C)c1ccc(OCC(=O)NC(C)Cc2c(F)cccc2F)c(C)c1. The van der Waals surface area contributed by atoms with Crippen molar-refractivity contribution in [3.63, 3.8) is 0 Å². The van der Waals surface area contributed by atoms with E-state index in [-0.39, 0.29) is 24.5 Å². The van der Waals surface area contributed by atoms with Gasteiger partial charge in [0.1, 0.15) is 24.5 Å². The fourth-order valence-corrected chi connectivity index (χ4v) is 2.77. The van der Waals surface area contributed by atoms with Crippen LogP contribution in [0.4, 0.5) is 8.78 Å². The lowest BCUT2D eigenvalue weighted by molar-refractivity contribution is -0.123. The molecule has 2 aromatic rings. The second kappa shape index (κ2) is 9.82. The average Bonchev–Trinajstić information content (AvgIpc) is 2.64. The third kappa shape index (κ3) is 5.77. The molecule has 0 saturated heterocycles. The summed E-state index contributed by atoms with van der Waals surface area (Å²) in [4.78, 5) is 16.9. The van der Waals surface area contributed by atoms with Crippen LogP contribution in [0.15, 0.2) is 41.6 Å². The molecule has 0 aliphatic carbocycles. The van der Waals surface area contributed by atoms with E-state index in [0.29, 0.717) is 5.75 Å². The van der Waals surface area contributed by atoms with Crippen molar-refractivity contribution in [2.45, 2.75) is 33.2 Å². The number of amides is 1. The van der Waals surface area contributed by atoms with Gasteiger partial charge in [0.05, 0.1) is 5.71 Å². The normalized spacial score (nSPS) is 12.4. The monoisotopic (exact) mass is 390 g/mol. The number of hydrogen-bond acceptors (Lipinski definition) is 4. The summed E-state index contributed by atoms with van der Waals surface area (Å²) in [6, 6.07) is 8.71. The molecular formula is C21H24F2N2O3. The number of nitrogens with one attached hydrogen (secondary N) is 1. The molecule has 0 bridgehead atoms. The fraction of sp³-hybridized carbons (Fsp3) is 0.333. The third-order valence-corrected chi connectivity index (χ3v) is 4.16. The largest absolute Gasteiger partial charge is 0.484 e. The van der Waals surface area contributed by atoms with Crippen molar-refractivity contribution >= 4 is 11.6 Å². The quantitative estimate of drug-likeness (QED) is 0.551. The number of aryl methyl sites for hydroxylation is 1. The van der Waals surface area contributed by atoms with Crippen LogP contribution in [0.2, 0.25) is 0 Å². The molecule has 5 nitrogen and oxygen atoms in total. The van der Waals surface area contributed by atoms with Gasteiger partial charge in [-0.25, -0.2) is 8.78 Å². The molecule has 2 aromatic carbocycles. The summed E-state index contributed by atoms with van der Waals surface area (Å²) in [6.45, 7) is 5.17. The number of rotatable bonds is 8. The van der Waals surface area contributed by atoms with Gasteiger partial charge in [0, 0.05) is 11.6 Å². The Hall–Kier alpha value is -2.96. The summed E-state index contributed by atoms with van der Waals surface area (Å²) in [6.07, 6.45) is 0.0517. The number of hydrogen-bond donors (Lipinski definition) is 1. The van der Waals surface area contributed by atoms with Crippen LogP contribution in [0, 0.1) is 18.6 Å². The molecule has 0 spiro atoms. The van der Waals surface area contributed by atoms with Crippen LogP contribution < -0.4 is 10.1 Å². The van der Waals surface area contributed by atoms with Crippen molar-refractivity contribution in [1.29, 1.82) is 0 Å². The molecule has 0 heterocycles. The van der Waals surface area contributed by atoms with Crippen LogP contribution in [0.1, 0.15) is 30.5 Å². The molecule has 1 amide bonds. The van der Waals surface area contributed by atoms with Crippen LogP contribution in [0.3, 0.4) is 0 Å². The van der Waals surface area contributed by atoms with Crippen LogP contribution in [0.5, 0.6) is 5.75 Å². The Kier molecular flexibility index (Phi) is 7.49. The smallest absolute Gasteiger partial charge is 0.258 e. The number of halogens is 2. The zero-order chi connectivity index (χ0) is 20.7. The van der Waals surface area contributed by atoms with Crippen LogP contribution >= 0.6 is 0 Å². The number of carbonyl (C=O) groups is 1. The number of ether oxygens (including phenoxy) is 1. The van der Waals surface area contributed by atoms with E-state index in [0.717, 1.165) is 16.8 Å². The predicted molar refractivity (Wildman–Crippen MR) is 104 cm³/mol. The van der Waals surface area contributed by atoms with E-state index in [9.17, 15) is 13.6 Å². The predicted octanol–water partition coefficient (Wildman–Crippen LogP) is 3.77. The first kappa shape index (κ1) is 21.3. The zero-order valence-corrected chi connectivity index (χ0v) is 16.4. The summed E-state index contributed by atoms with van der Waals surface area (Å²) in [7, 11) is 1.48. The van der Waals surface area contributed by atoms with Crippen molar-refractivity contribution in [3.05, 3.63) is 64.7 Å². The Labute approximate surface area is 163 Å².